The predicted molar refractivity (Wildman–Crippen MR) is 43.9 cm³/mol. The fourth-order valence-electron chi connectivity index (χ4n) is 1.17. The van der Waals surface area contributed by atoms with Gasteiger partial charge in [0.2, 0.25) is 0 Å². The van der Waals surface area contributed by atoms with Crippen LogP contribution in [-0.2, 0) is 4.74 Å². The van der Waals surface area contributed by atoms with Gasteiger partial charge in [0, 0.05) is 1.37 Å². The number of allylic oxidation sites excluding steroid dienone is 1. The van der Waals surface area contributed by atoms with Crippen molar-refractivity contribution in [3.05, 3.63) is 11.8 Å². The van der Waals surface area contributed by atoms with Gasteiger partial charge in [-0.25, -0.2) is 0 Å². The second-order valence-corrected chi connectivity index (χ2v) is 2.85. The van der Waals surface area contributed by atoms with Gasteiger partial charge in [-0.1, -0.05) is 6.92 Å². The van der Waals surface area contributed by atoms with E-state index < -0.39 is 31.0 Å². The topological polar surface area (TPSA) is 90.2 Å². The summed E-state index contributed by atoms with van der Waals surface area (Å²) in [4.78, 5) is 0. The SMILES string of the molecule is [2H]C(C)C=C(O)[C@H]1OC(O)[C@@H](O)[C@H]1O. The largest absolute Gasteiger partial charge is 0.510 e. The molecule has 0 radical (unpaired) electrons. The van der Waals surface area contributed by atoms with Crippen LogP contribution in [0.2, 0.25) is 0 Å². The highest BCUT2D eigenvalue weighted by Crippen LogP contribution is 2.23. The standard InChI is InChI=1S/C8H14O5/c1-2-3-4(9)7-5(10)6(11)8(12)13-7/h3,5-12H,2H2,1H3/t5-,6+,7-,8?/m1/s1/i2D/t2?,5-,6+,7-,8?. The van der Waals surface area contributed by atoms with E-state index in [9.17, 15) is 10.2 Å². The Balaban J connectivity index is 2.71. The molecular weight excluding hydrogens is 176 g/mol. The molecule has 5 heteroatoms. The molecule has 0 aliphatic carbocycles. The zero-order valence-electron chi connectivity index (χ0n) is 8.16. The Kier molecular flexibility index (Phi) is 2.80. The van der Waals surface area contributed by atoms with Crippen molar-refractivity contribution < 1.29 is 26.5 Å². The van der Waals surface area contributed by atoms with Gasteiger partial charge in [-0.3, -0.25) is 0 Å². The zero-order valence-corrected chi connectivity index (χ0v) is 7.16. The van der Waals surface area contributed by atoms with Crippen LogP contribution in [0.1, 0.15) is 14.7 Å². The number of aliphatic hydroxyl groups excluding tert-OH is 4. The lowest BCUT2D eigenvalue weighted by molar-refractivity contribution is -0.125. The second-order valence-electron chi connectivity index (χ2n) is 2.85. The Hall–Kier alpha value is -0.620. The van der Waals surface area contributed by atoms with Crippen LogP contribution in [0.15, 0.2) is 11.8 Å². The van der Waals surface area contributed by atoms with Crippen molar-refractivity contribution in [3.8, 4) is 0 Å². The van der Waals surface area contributed by atoms with Crippen LogP contribution < -0.4 is 0 Å². The monoisotopic (exact) mass is 191 g/mol. The van der Waals surface area contributed by atoms with Crippen molar-refractivity contribution in [2.24, 2.45) is 0 Å². The summed E-state index contributed by atoms with van der Waals surface area (Å²) in [5, 5.41) is 36.8. The summed E-state index contributed by atoms with van der Waals surface area (Å²) in [6.07, 6.45) is -4.96. The van der Waals surface area contributed by atoms with E-state index in [1.54, 1.807) is 0 Å². The average molecular weight is 191 g/mol. The fourth-order valence-corrected chi connectivity index (χ4v) is 1.17. The third kappa shape index (κ3) is 2.00. The summed E-state index contributed by atoms with van der Waals surface area (Å²) in [6.45, 7) is 1.52. The van der Waals surface area contributed by atoms with Gasteiger partial charge in [-0.15, -0.1) is 0 Å². The van der Waals surface area contributed by atoms with Gasteiger partial charge in [0.05, 0.1) is 0 Å². The summed E-state index contributed by atoms with van der Waals surface area (Å²) in [5.74, 6) is -0.351. The first-order chi connectivity index (χ1) is 6.43. The molecule has 0 aromatic heterocycles. The zero-order chi connectivity index (χ0) is 10.9. The van der Waals surface area contributed by atoms with E-state index >= 15 is 0 Å². The number of rotatable bonds is 2. The van der Waals surface area contributed by atoms with Crippen LogP contribution in [-0.4, -0.2) is 45.0 Å². The predicted octanol–water partition coefficient (Wildman–Crippen LogP) is -0.723. The average Bonchev–Trinajstić information content (AvgIpc) is 2.32. The molecule has 76 valence electrons. The maximum absolute atomic E-state index is 9.36. The summed E-state index contributed by atoms with van der Waals surface area (Å²) in [7, 11) is 0. The third-order valence-electron chi connectivity index (χ3n) is 1.87. The van der Waals surface area contributed by atoms with Crippen molar-refractivity contribution in [2.45, 2.75) is 37.9 Å². The van der Waals surface area contributed by atoms with Gasteiger partial charge in [0.15, 0.2) is 6.29 Å². The summed E-state index contributed by atoms with van der Waals surface area (Å²) in [6, 6.07) is 0. The molecule has 1 rings (SSSR count). The van der Waals surface area contributed by atoms with Crippen molar-refractivity contribution >= 4 is 0 Å². The minimum atomic E-state index is -1.51. The first-order valence-corrected chi connectivity index (χ1v) is 3.96. The molecule has 4 N–H and O–H groups in total. The van der Waals surface area contributed by atoms with E-state index in [4.69, 9.17) is 16.3 Å². The van der Waals surface area contributed by atoms with Crippen LogP contribution in [0.5, 0.6) is 0 Å². The molecule has 1 fully saturated rings. The Bertz CT molecular complexity index is 230. The van der Waals surface area contributed by atoms with Crippen LogP contribution in [0, 0.1) is 0 Å². The number of aliphatic hydroxyl groups is 4. The molecule has 0 spiro atoms. The molecule has 1 saturated heterocycles. The molecule has 0 aromatic carbocycles. The lowest BCUT2D eigenvalue weighted by atomic mass is 10.1. The summed E-state index contributed by atoms with van der Waals surface area (Å²) >= 11 is 0. The molecule has 1 aliphatic heterocycles. The highest BCUT2D eigenvalue weighted by molar-refractivity contribution is 5.06. The van der Waals surface area contributed by atoms with Gasteiger partial charge >= 0.3 is 0 Å². The van der Waals surface area contributed by atoms with Crippen molar-refractivity contribution in [1.29, 1.82) is 0 Å². The van der Waals surface area contributed by atoms with Gasteiger partial charge in [0.1, 0.15) is 24.1 Å². The van der Waals surface area contributed by atoms with Gasteiger partial charge in [-0.05, 0) is 12.5 Å². The highest BCUT2D eigenvalue weighted by atomic mass is 16.6. The maximum Gasteiger partial charge on any atom is 0.184 e. The maximum atomic E-state index is 9.36. The molecular formula is C8H14O5. The quantitative estimate of drug-likeness (QED) is 0.432. The molecule has 13 heavy (non-hydrogen) atoms. The molecule has 0 saturated carbocycles. The van der Waals surface area contributed by atoms with Crippen LogP contribution in [0.3, 0.4) is 0 Å². The van der Waals surface area contributed by atoms with Crippen LogP contribution in [0.4, 0.5) is 0 Å². The third-order valence-corrected chi connectivity index (χ3v) is 1.87. The molecule has 1 aliphatic rings. The second kappa shape index (κ2) is 4.06. The minimum absolute atomic E-state index is 0.351. The normalized spacial score (nSPS) is 44.6. The Morgan fingerprint density at radius 1 is 1.46 bits per heavy atom. The number of hydrogen-bond donors (Lipinski definition) is 4. The van der Waals surface area contributed by atoms with Crippen LogP contribution in [0.25, 0.3) is 0 Å². The molecule has 1 heterocycles. The van der Waals surface area contributed by atoms with E-state index in [1.807, 2.05) is 0 Å². The van der Waals surface area contributed by atoms with E-state index in [-0.39, 0.29) is 5.76 Å². The molecule has 0 aromatic rings. The summed E-state index contributed by atoms with van der Waals surface area (Å²) in [5.41, 5.74) is 0. The first-order valence-electron chi connectivity index (χ1n) is 4.53. The number of ether oxygens (including phenoxy) is 1. The van der Waals surface area contributed by atoms with E-state index in [0.717, 1.165) is 0 Å². The van der Waals surface area contributed by atoms with Crippen LogP contribution >= 0.6 is 0 Å². The van der Waals surface area contributed by atoms with Gasteiger partial charge < -0.3 is 25.2 Å². The van der Waals surface area contributed by atoms with Gasteiger partial charge in [0.25, 0.3) is 0 Å². The Labute approximate surface area is 77.3 Å². The fraction of sp³-hybridized carbons (Fsp3) is 0.750. The first kappa shape index (κ1) is 8.96. The lowest BCUT2D eigenvalue weighted by Gasteiger charge is -2.12. The minimum Gasteiger partial charge on any atom is -0.510 e. The smallest absolute Gasteiger partial charge is 0.184 e. The molecule has 0 amide bonds. The van der Waals surface area contributed by atoms with Crippen molar-refractivity contribution in [3.63, 3.8) is 0 Å². The molecule has 5 nitrogen and oxygen atoms in total. The van der Waals surface area contributed by atoms with Crippen molar-refractivity contribution in [1.82, 2.24) is 0 Å². The molecule has 5 atom stereocenters. The summed E-state index contributed by atoms with van der Waals surface area (Å²) < 4.78 is 11.8. The number of hydrogen-bond acceptors (Lipinski definition) is 5. The Morgan fingerprint density at radius 2 is 2.08 bits per heavy atom. The van der Waals surface area contributed by atoms with Gasteiger partial charge in [-0.2, -0.15) is 0 Å². The lowest BCUT2D eigenvalue weighted by Crippen LogP contribution is -2.33. The van der Waals surface area contributed by atoms with E-state index in [0.29, 0.717) is 0 Å². The highest BCUT2D eigenvalue weighted by Gasteiger charge is 2.43. The van der Waals surface area contributed by atoms with E-state index in [2.05, 4.69) is 0 Å². The van der Waals surface area contributed by atoms with Crippen molar-refractivity contribution in [2.75, 3.05) is 0 Å². The molecule has 2 unspecified atom stereocenters. The molecule has 0 bridgehead atoms. The van der Waals surface area contributed by atoms with E-state index in [1.165, 1.54) is 13.0 Å². The Morgan fingerprint density at radius 3 is 2.46 bits per heavy atom.